The lowest BCUT2D eigenvalue weighted by Gasteiger charge is -2.16. The molecular formula is C18H25NS. The molecule has 2 rings (SSSR count). The van der Waals surface area contributed by atoms with Crippen LogP contribution in [0.4, 0.5) is 0 Å². The summed E-state index contributed by atoms with van der Waals surface area (Å²) in [4.78, 5) is 2.87. The number of aryl methyl sites for hydroxylation is 1. The summed E-state index contributed by atoms with van der Waals surface area (Å²) in [6.07, 6.45) is 2.27. The highest BCUT2D eigenvalue weighted by Crippen LogP contribution is 2.29. The van der Waals surface area contributed by atoms with Crippen LogP contribution in [-0.2, 0) is 12.8 Å². The number of nitrogens with one attached hydrogen (secondary N) is 1. The van der Waals surface area contributed by atoms with Crippen LogP contribution in [0.5, 0.6) is 0 Å². The maximum atomic E-state index is 3.46. The van der Waals surface area contributed by atoms with Crippen LogP contribution >= 0.6 is 11.3 Å². The average molecular weight is 287 g/mol. The number of thiophene rings is 1. The Kier molecular flexibility index (Phi) is 5.38. The van der Waals surface area contributed by atoms with E-state index in [1.54, 1.807) is 0 Å². The molecule has 0 fully saturated rings. The summed E-state index contributed by atoms with van der Waals surface area (Å²) in [6, 6.07) is 13.8. The van der Waals surface area contributed by atoms with Crippen molar-refractivity contribution in [2.45, 2.75) is 39.7 Å². The van der Waals surface area contributed by atoms with Crippen LogP contribution in [0, 0.1) is 5.92 Å². The van der Waals surface area contributed by atoms with Gasteiger partial charge in [0.1, 0.15) is 0 Å². The Morgan fingerprint density at radius 1 is 1.15 bits per heavy atom. The zero-order valence-electron chi connectivity index (χ0n) is 12.9. The fourth-order valence-corrected chi connectivity index (χ4v) is 3.67. The van der Waals surface area contributed by atoms with E-state index in [0.29, 0.717) is 12.0 Å². The molecule has 20 heavy (non-hydrogen) atoms. The Bertz CT molecular complexity index is 542. The first-order valence-corrected chi connectivity index (χ1v) is 8.30. The fourth-order valence-electron chi connectivity index (χ4n) is 2.58. The van der Waals surface area contributed by atoms with Gasteiger partial charge in [-0.3, -0.25) is 0 Å². The van der Waals surface area contributed by atoms with E-state index in [2.05, 4.69) is 62.5 Å². The van der Waals surface area contributed by atoms with E-state index in [9.17, 15) is 0 Å². The zero-order valence-corrected chi connectivity index (χ0v) is 13.8. The average Bonchev–Trinajstić information content (AvgIpc) is 2.88. The van der Waals surface area contributed by atoms with E-state index in [1.165, 1.54) is 20.9 Å². The maximum Gasteiger partial charge on any atom is 0.0668 e. The van der Waals surface area contributed by atoms with E-state index in [-0.39, 0.29) is 0 Å². The quantitative estimate of drug-likeness (QED) is 0.803. The molecule has 0 spiro atoms. The van der Waals surface area contributed by atoms with Crippen LogP contribution in [0.1, 0.15) is 47.7 Å². The van der Waals surface area contributed by atoms with E-state index in [1.807, 2.05) is 18.4 Å². The standard InChI is InChI=1S/C18H25NS/c1-5-16-9-10-17(20-16)18(19-4)15-8-6-7-14(12-15)11-13(2)3/h6-10,12-13,18-19H,5,11H2,1-4H3. The maximum absolute atomic E-state index is 3.46. The van der Waals surface area contributed by atoms with E-state index >= 15 is 0 Å². The Labute approximate surface area is 127 Å². The topological polar surface area (TPSA) is 12.0 Å². The molecule has 0 saturated heterocycles. The number of hydrogen-bond acceptors (Lipinski definition) is 2. The Morgan fingerprint density at radius 3 is 2.55 bits per heavy atom. The van der Waals surface area contributed by atoms with Crippen molar-refractivity contribution in [1.82, 2.24) is 5.32 Å². The van der Waals surface area contributed by atoms with Crippen LogP contribution in [0.2, 0.25) is 0 Å². The lowest BCUT2D eigenvalue weighted by Crippen LogP contribution is -2.16. The van der Waals surface area contributed by atoms with Gasteiger partial charge in [-0.15, -0.1) is 11.3 Å². The minimum atomic E-state index is 0.312. The van der Waals surface area contributed by atoms with Gasteiger partial charge in [0, 0.05) is 9.75 Å². The van der Waals surface area contributed by atoms with Crippen molar-refractivity contribution in [3.05, 3.63) is 57.3 Å². The number of rotatable bonds is 6. The zero-order chi connectivity index (χ0) is 14.5. The van der Waals surface area contributed by atoms with Crippen molar-refractivity contribution in [2.75, 3.05) is 7.05 Å². The molecule has 1 unspecified atom stereocenters. The summed E-state index contributed by atoms with van der Waals surface area (Å²) < 4.78 is 0. The molecule has 0 aliphatic heterocycles. The second-order valence-corrected chi connectivity index (χ2v) is 6.92. The van der Waals surface area contributed by atoms with Gasteiger partial charge in [0.25, 0.3) is 0 Å². The van der Waals surface area contributed by atoms with Crippen LogP contribution < -0.4 is 5.32 Å². The van der Waals surface area contributed by atoms with Crippen LogP contribution in [0.15, 0.2) is 36.4 Å². The second kappa shape index (κ2) is 7.05. The van der Waals surface area contributed by atoms with Crippen LogP contribution in [0.3, 0.4) is 0 Å². The van der Waals surface area contributed by atoms with Crippen molar-refractivity contribution < 1.29 is 0 Å². The van der Waals surface area contributed by atoms with Crippen molar-refractivity contribution in [2.24, 2.45) is 5.92 Å². The third kappa shape index (κ3) is 3.71. The third-order valence-electron chi connectivity index (χ3n) is 3.53. The van der Waals surface area contributed by atoms with Gasteiger partial charge in [-0.05, 0) is 49.1 Å². The molecule has 1 heterocycles. The lowest BCUT2D eigenvalue weighted by atomic mass is 9.97. The highest BCUT2D eigenvalue weighted by Gasteiger charge is 2.14. The van der Waals surface area contributed by atoms with Crippen molar-refractivity contribution >= 4 is 11.3 Å². The van der Waals surface area contributed by atoms with E-state index in [0.717, 1.165) is 12.8 Å². The molecular weight excluding hydrogens is 262 g/mol. The van der Waals surface area contributed by atoms with Gasteiger partial charge in [-0.25, -0.2) is 0 Å². The first kappa shape index (κ1) is 15.3. The van der Waals surface area contributed by atoms with E-state index < -0.39 is 0 Å². The molecule has 0 amide bonds. The predicted octanol–water partition coefficient (Wildman–Crippen LogP) is 4.82. The van der Waals surface area contributed by atoms with Crippen LogP contribution in [-0.4, -0.2) is 7.05 Å². The smallest absolute Gasteiger partial charge is 0.0668 e. The summed E-state index contributed by atoms with van der Waals surface area (Å²) in [7, 11) is 2.05. The van der Waals surface area contributed by atoms with Gasteiger partial charge in [0.05, 0.1) is 6.04 Å². The molecule has 1 nitrogen and oxygen atoms in total. The molecule has 0 aliphatic rings. The first-order valence-electron chi connectivity index (χ1n) is 7.48. The Balaban J connectivity index is 2.26. The summed E-state index contributed by atoms with van der Waals surface area (Å²) in [5.74, 6) is 0.701. The second-order valence-electron chi connectivity index (χ2n) is 5.72. The highest BCUT2D eigenvalue weighted by molar-refractivity contribution is 7.12. The molecule has 1 aromatic carbocycles. The molecule has 0 bridgehead atoms. The molecule has 1 aromatic heterocycles. The molecule has 0 saturated carbocycles. The van der Waals surface area contributed by atoms with Crippen LogP contribution in [0.25, 0.3) is 0 Å². The van der Waals surface area contributed by atoms with Gasteiger partial charge in [0.2, 0.25) is 0 Å². The first-order chi connectivity index (χ1) is 9.63. The minimum Gasteiger partial charge on any atom is -0.309 e. The summed E-state index contributed by atoms with van der Waals surface area (Å²) in [5.41, 5.74) is 2.81. The number of hydrogen-bond donors (Lipinski definition) is 1. The van der Waals surface area contributed by atoms with Crippen molar-refractivity contribution in [1.29, 1.82) is 0 Å². The fraction of sp³-hybridized carbons (Fsp3) is 0.444. The predicted molar refractivity (Wildman–Crippen MR) is 89.6 cm³/mol. The van der Waals surface area contributed by atoms with E-state index in [4.69, 9.17) is 0 Å². The molecule has 1 atom stereocenters. The van der Waals surface area contributed by atoms with Gasteiger partial charge in [-0.2, -0.15) is 0 Å². The third-order valence-corrected chi connectivity index (χ3v) is 4.83. The Hall–Kier alpha value is -1.12. The normalized spacial score (nSPS) is 12.8. The number of benzene rings is 1. The van der Waals surface area contributed by atoms with Gasteiger partial charge in [0.15, 0.2) is 0 Å². The lowest BCUT2D eigenvalue weighted by molar-refractivity contribution is 0.644. The van der Waals surface area contributed by atoms with Gasteiger partial charge >= 0.3 is 0 Å². The molecule has 1 N–H and O–H groups in total. The summed E-state index contributed by atoms with van der Waals surface area (Å²) in [5, 5.41) is 3.46. The molecule has 108 valence electrons. The molecule has 2 heteroatoms. The minimum absolute atomic E-state index is 0.312. The summed E-state index contributed by atoms with van der Waals surface area (Å²) in [6.45, 7) is 6.76. The van der Waals surface area contributed by atoms with Gasteiger partial charge in [-0.1, -0.05) is 45.0 Å². The monoisotopic (exact) mass is 287 g/mol. The van der Waals surface area contributed by atoms with Crippen molar-refractivity contribution in [3.8, 4) is 0 Å². The molecule has 0 radical (unpaired) electrons. The highest BCUT2D eigenvalue weighted by atomic mass is 32.1. The Morgan fingerprint density at radius 2 is 1.95 bits per heavy atom. The molecule has 2 aromatic rings. The summed E-state index contributed by atoms with van der Waals surface area (Å²) >= 11 is 1.92. The largest absolute Gasteiger partial charge is 0.309 e. The molecule has 0 aliphatic carbocycles. The van der Waals surface area contributed by atoms with Gasteiger partial charge < -0.3 is 5.32 Å². The SMILES string of the molecule is CCc1ccc(C(NC)c2cccc(CC(C)C)c2)s1. The van der Waals surface area contributed by atoms with Crippen molar-refractivity contribution in [3.63, 3.8) is 0 Å².